The molecule has 2 heteroatoms. The fourth-order valence-corrected chi connectivity index (χ4v) is 8.18. The Labute approximate surface area is 287 Å². The molecule has 0 aliphatic carbocycles. The van der Waals surface area contributed by atoms with Gasteiger partial charge in [0.15, 0.2) is 0 Å². The normalized spacial score (nSPS) is 12.0. The zero-order valence-corrected chi connectivity index (χ0v) is 27.0. The molecule has 0 fully saturated rings. The van der Waals surface area contributed by atoms with Gasteiger partial charge >= 0.3 is 0 Å². The molecule has 0 radical (unpaired) electrons. The number of fused-ring (bicyclic) bond motifs is 10. The first-order chi connectivity index (χ1) is 24.8. The van der Waals surface area contributed by atoms with Crippen LogP contribution >= 0.6 is 0 Å². The first-order valence-electron chi connectivity index (χ1n) is 17.1. The van der Waals surface area contributed by atoms with Crippen molar-refractivity contribution in [2.75, 3.05) is 0 Å². The molecule has 0 N–H and O–H groups in total. The third kappa shape index (κ3) is 3.90. The predicted molar refractivity (Wildman–Crippen MR) is 210 cm³/mol. The largest absolute Gasteiger partial charge is 0.455 e. The maximum absolute atomic E-state index is 6.78. The van der Waals surface area contributed by atoms with Crippen molar-refractivity contribution >= 4 is 76.2 Å². The second-order valence-electron chi connectivity index (χ2n) is 13.2. The number of para-hydroxylation sites is 2. The molecule has 0 spiro atoms. The number of rotatable bonds is 3. The van der Waals surface area contributed by atoms with E-state index in [4.69, 9.17) is 8.83 Å². The lowest BCUT2D eigenvalue weighted by Gasteiger charge is -2.18. The van der Waals surface area contributed by atoms with E-state index in [1.807, 2.05) is 18.2 Å². The molecule has 0 bridgehead atoms. The molecule has 11 aromatic rings. The summed E-state index contributed by atoms with van der Waals surface area (Å²) in [4.78, 5) is 0. The Morgan fingerprint density at radius 2 is 0.800 bits per heavy atom. The third-order valence-corrected chi connectivity index (χ3v) is 10.4. The number of furan rings is 2. The van der Waals surface area contributed by atoms with Gasteiger partial charge < -0.3 is 8.83 Å². The van der Waals surface area contributed by atoms with Gasteiger partial charge in [0.05, 0.1) is 5.39 Å². The van der Waals surface area contributed by atoms with Crippen LogP contribution in [0.25, 0.3) is 110 Å². The molecule has 2 heterocycles. The van der Waals surface area contributed by atoms with Gasteiger partial charge in [0, 0.05) is 27.3 Å². The Hall–Kier alpha value is -6.64. The standard InChI is InChI=1S/C48H28O2/c1-2-12-32-27-33(26-23-29(32)11-1)30-21-24-31(25-22-30)44-35-14-3-5-16-37(35)45(38-17-6-4-15-36(38)44)41-28-40-34-13-7-9-19-42(34)49-47(40)46-39-18-8-10-20-43(39)50-48(41)46/h1-28H. The van der Waals surface area contributed by atoms with Crippen LogP contribution in [0.3, 0.4) is 0 Å². The van der Waals surface area contributed by atoms with Gasteiger partial charge in [-0.25, -0.2) is 0 Å². The number of hydrogen-bond donors (Lipinski definition) is 0. The van der Waals surface area contributed by atoms with Crippen molar-refractivity contribution in [3.05, 3.63) is 170 Å². The van der Waals surface area contributed by atoms with E-state index in [0.717, 1.165) is 49.4 Å². The molecule has 9 aromatic carbocycles. The average molecular weight is 637 g/mol. The van der Waals surface area contributed by atoms with Crippen molar-refractivity contribution in [3.8, 4) is 33.4 Å². The molecule has 2 nitrogen and oxygen atoms in total. The Kier molecular flexibility index (Phi) is 5.70. The Morgan fingerprint density at radius 1 is 0.300 bits per heavy atom. The van der Waals surface area contributed by atoms with Crippen LogP contribution in [0.5, 0.6) is 0 Å². The van der Waals surface area contributed by atoms with Crippen LogP contribution in [0.2, 0.25) is 0 Å². The van der Waals surface area contributed by atoms with Crippen LogP contribution in [0, 0.1) is 0 Å². The van der Waals surface area contributed by atoms with Crippen LogP contribution < -0.4 is 0 Å². The zero-order valence-electron chi connectivity index (χ0n) is 27.0. The fraction of sp³-hybridized carbons (Fsp3) is 0. The Bertz CT molecular complexity index is 3080. The van der Waals surface area contributed by atoms with Crippen molar-refractivity contribution in [3.63, 3.8) is 0 Å². The van der Waals surface area contributed by atoms with Gasteiger partial charge in [0.2, 0.25) is 0 Å². The summed E-state index contributed by atoms with van der Waals surface area (Å²) in [5, 5.41) is 11.6. The quantitative estimate of drug-likeness (QED) is 0.180. The zero-order chi connectivity index (χ0) is 32.8. The lowest BCUT2D eigenvalue weighted by atomic mass is 9.85. The topological polar surface area (TPSA) is 26.3 Å². The Balaban J connectivity index is 1.20. The molecule has 0 amide bonds. The molecule has 11 rings (SSSR count). The highest BCUT2D eigenvalue weighted by atomic mass is 16.3. The van der Waals surface area contributed by atoms with Gasteiger partial charge in [-0.3, -0.25) is 0 Å². The SMILES string of the molecule is c1ccc2cc(-c3ccc(-c4c5ccccc5c(-c5cc6c7ccccc7oc6c6c5oc5ccccc56)c5ccccc45)cc3)ccc2c1. The van der Waals surface area contributed by atoms with Crippen LogP contribution in [-0.4, -0.2) is 0 Å². The predicted octanol–water partition coefficient (Wildman–Crippen LogP) is 13.9. The molecular weight excluding hydrogens is 609 g/mol. The fourth-order valence-electron chi connectivity index (χ4n) is 8.18. The van der Waals surface area contributed by atoms with Gasteiger partial charge in [-0.2, -0.15) is 0 Å². The van der Waals surface area contributed by atoms with Gasteiger partial charge in [0.25, 0.3) is 0 Å². The molecular formula is C48H28O2. The van der Waals surface area contributed by atoms with Crippen LogP contribution in [0.1, 0.15) is 0 Å². The van der Waals surface area contributed by atoms with Gasteiger partial charge in [-0.05, 0) is 78.8 Å². The summed E-state index contributed by atoms with van der Waals surface area (Å²) in [5.41, 5.74) is 10.5. The minimum Gasteiger partial charge on any atom is -0.455 e. The molecule has 0 saturated carbocycles. The van der Waals surface area contributed by atoms with Crippen molar-refractivity contribution in [1.82, 2.24) is 0 Å². The number of benzene rings is 9. The van der Waals surface area contributed by atoms with Crippen LogP contribution in [0.4, 0.5) is 0 Å². The Morgan fingerprint density at radius 3 is 1.50 bits per heavy atom. The van der Waals surface area contributed by atoms with E-state index >= 15 is 0 Å². The lowest BCUT2D eigenvalue weighted by Crippen LogP contribution is -1.91. The summed E-state index contributed by atoms with van der Waals surface area (Å²) in [6.45, 7) is 0. The van der Waals surface area contributed by atoms with E-state index in [0.29, 0.717) is 0 Å². The second-order valence-corrected chi connectivity index (χ2v) is 13.2. The maximum atomic E-state index is 6.78. The van der Waals surface area contributed by atoms with Gasteiger partial charge in [-0.1, -0.05) is 146 Å². The molecule has 0 aliphatic rings. The average Bonchev–Trinajstić information content (AvgIpc) is 3.75. The van der Waals surface area contributed by atoms with Crippen molar-refractivity contribution < 1.29 is 8.83 Å². The highest BCUT2D eigenvalue weighted by Crippen LogP contribution is 2.49. The van der Waals surface area contributed by atoms with E-state index in [9.17, 15) is 0 Å². The van der Waals surface area contributed by atoms with Crippen LogP contribution in [-0.2, 0) is 0 Å². The van der Waals surface area contributed by atoms with Gasteiger partial charge in [-0.15, -0.1) is 0 Å². The monoisotopic (exact) mass is 636 g/mol. The second kappa shape index (κ2) is 10.4. The summed E-state index contributed by atoms with van der Waals surface area (Å²) in [6.07, 6.45) is 0. The highest BCUT2D eigenvalue weighted by Gasteiger charge is 2.24. The smallest absolute Gasteiger partial charge is 0.147 e. The summed E-state index contributed by atoms with van der Waals surface area (Å²) in [6, 6.07) is 60.9. The summed E-state index contributed by atoms with van der Waals surface area (Å²) in [5.74, 6) is 0. The summed E-state index contributed by atoms with van der Waals surface area (Å²) in [7, 11) is 0. The molecule has 50 heavy (non-hydrogen) atoms. The molecule has 2 aromatic heterocycles. The summed E-state index contributed by atoms with van der Waals surface area (Å²) >= 11 is 0. The van der Waals surface area contributed by atoms with Crippen molar-refractivity contribution in [2.45, 2.75) is 0 Å². The first-order valence-corrected chi connectivity index (χ1v) is 17.1. The van der Waals surface area contributed by atoms with Crippen molar-refractivity contribution in [1.29, 1.82) is 0 Å². The molecule has 0 saturated heterocycles. The van der Waals surface area contributed by atoms with E-state index < -0.39 is 0 Å². The van der Waals surface area contributed by atoms with Gasteiger partial charge in [0.1, 0.15) is 22.3 Å². The first kappa shape index (κ1) is 27.3. The molecule has 0 atom stereocenters. The number of hydrogen-bond acceptors (Lipinski definition) is 2. The molecule has 232 valence electrons. The van der Waals surface area contributed by atoms with E-state index in [1.54, 1.807) is 0 Å². The maximum Gasteiger partial charge on any atom is 0.147 e. The molecule has 0 unspecified atom stereocenters. The summed E-state index contributed by atoms with van der Waals surface area (Å²) < 4.78 is 13.4. The van der Waals surface area contributed by atoms with Crippen LogP contribution in [0.15, 0.2) is 179 Å². The van der Waals surface area contributed by atoms with E-state index in [2.05, 4.69) is 152 Å². The highest BCUT2D eigenvalue weighted by molar-refractivity contribution is 6.29. The minimum atomic E-state index is 0.848. The van der Waals surface area contributed by atoms with Crippen molar-refractivity contribution in [2.24, 2.45) is 0 Å². The minimum absolute atomic E-state index is 0.848. The molecule has 0 aliphatic heterocycles. The lowest BCUT2D eigenvalue weighted by molar-refractivity contribution is 0.663. The van der Waals surface area contributed by atoms with E-state index in [1.165, 1.54) is 60.1 Å². The third-order valence-electron chi connectivity index (χ3n) is 10.4. The van der Waals surface area contributed by atoms with E-state index in [-0.39, 0.29) is 0 Å².